The number of halogens is 1. The number of H-pyrrole nitrogens is 1. The molecule has 3 N–H and O–H groups in total. The van der Waals surface area contributed by atoms with Crippen LogP contribution in [0, 0.1) is 0 Å². The van der Waals surface area contributed by atoms with E-state index in [1.807, 2.05) is 42.5 Å². The van der Waals surface area contributed by atoms with E-state index in [0.29, 0.717) is 17.0 Å². The molecule has 0 saturated carbocycles. The number of fused-ring (bicyclic) bond motifs is 2. The van der Waals surface area contributed by atoms with Gasteiger partial charge in [-0.1, -0.05) is 45.4 Å². The van der Waals surface area contributed by atoms with E-state index in [9.17, 15) is 5.11 Å². The molecule has 0 spiro atoms. The minimum atomic E-state index is -0.128. The fraction of sp³-hybridized carbons (Fsp3) is 0.111. The van der Waals surface area contributed by atoms with Crippen molar-refractivity contribution < 1.29 is 15.1 Å². The van der Waals surface area contributed by atoms with Gasteiger partial charge in [-0.15, -0.1) is 0 Å². The van der Waals surface area contributed by atoms with E-state index in [0.717, 1.165) is 26.6 Å². The second-order valence-corrected chi connectivity index (χ2v) is 6.43. The molecule has 25 heavy (non-hydrogen) atoms. The Balaban J connectivity index is 1.89. The molecule has 4 rings (SSSR count). The van der Waals surface area contributed by atoms with Gasteiger partial charge in [0, 0.05) is 15.4 Å². The van der Waals surface area contributed by atoms with Gasteiger partial charge < -0.3 is 20.0 Å². The topological polar surface area (TPSA) is 90.2 Å². The number of para-hydroxylation sites is 1. The Bertz CT molecular complexity index is 1020. The second-order valence-electron chi connectivity index (χ2n) is 5.51. The van der Waals surface area contributed by atoms with Crippen LogP contribution in [0.1, 0.15) is 11.1 Å². The van der Waals surface area contributed by atoms with Gasteiger partial charge in [0.05, 0.1) is 23.4 Å². The van der Waals surface area contributed by atoms with Crippen LogP contribution in [-0.2, 0) is 4.84 Å². The van der Waals surface area contributed by atoms with Crippen molar-refractivity contribution in [1.29, 1.82) is 0 Å². The minimum Gasteiger partial charge on any atom is -0.494 e. The fourth-order valence-corrected chi connectivity index (χ4v) is 3.25. The third-order valence-electron chi connectivity index (χ3n) is 3.93. The van der Waals surface area contributed by atoms with Crippen molar-refractivity contribution in [2.75, 3.05) is 13.2 Å². The van der Waals surface area contributed by atoms with Crippen molar-refractivity contribution in [1.82, 2.24) is 4.98 Å². The second kappa shape index (κ2) is 6.34. The molecule has 0 aliphatic carbocycles. The van der Waals surface area contributed by atoms with Crippen LogP contribution in [0.25, 0.3) is 10.9 Å². The summed E-state index contributed by atoms with van der Waals surface area (Å²) in [5.41, 5.74) is 4.01. The molecular weight excluding hydrogens is 386 g/mol. The van der Waals surface area contributed by atoms with Crippen molar-refractivity contribution in [2.45, 2.75) is 0 Å². The number of benzene rings is 2. The van der Waals surface area contributed by atoms with Crippen molar-refractivity contribution in [3.05, 3.63) is 58.1 Å². The van der Waals surface area contributed by atoms with E-state index in [1.165, 1.54) is 0 Å². The lowest BCUT2D eigenvalue weighted by Crippen LogP contribution is -2.14. The number of aliphatic hydroxyl groups is 1. The lowest BCUT2D eigenvalue weighted by molar-refractivity contribution is 0.0992. The molecule has 1 aliphatic rings. The highest BCUT2D eigenvalue weighted by atomic mass is 79.9. The third-order valence-corrected chi connectivity index (χ3v) is 4.43. The Morgan fingerprint density at radius 3 is 2.88 bits per heavy atom. The lowest BCUT2D eigenvalue weighted by atomic mass is 10.0. The van der Waals surface area contributed by atoms with Crippen LogP contribution in [0.3, 0.4) is 0 Å². The molecular formula is C18H14BrN3O3. The fourth-order valence-electron chi connectivity index (χ4n) is 2.89. The molecule has 0 saturated heterocycles. The van der Waals surface area contributed by atoms with E-state index < -0.39 is 0 Å². The van der Waals surface area contributed by atoms with Crippen molar-refractivity contribution in [3.8, 4) is 5.88 Å². The molecule has 1 aliphatic heterocycles. The maximum Gasteiger partial charge on any atom is 0.199 e. The summed E-state index contributed by atoms with van der Waals surface area (Å²) in [6.45, 7) is -0.0387. The van der Waals surface area contributed by atoms with Crippen LogP contribution < -0.4 is 0 Å². The Labute approximate surface area is 151 Å². The highest BCUT2D eigenvalue weighted by Gasteiger charge is 2.29. The number of nitrogens with one attached hydrogen (secondary N) is 1. The van der Waals surface area contributed by atoms with E-state index in [1.54, 1.807) is 0 Å². The maximum absolute atomic E-state index is 10.5. The Morgan fingerprint density at radius 2 is 2.04 bits per heavy atom. The summed E-state index contributed by atoms with van der Waals surface area (Å²) in [6.07, 6.45) is 0. The lowest BCUT2D eigenvalue weighted by Gasteiger charge is -2.04. The number of aromatic amines is 1. The van der Waals surface area contributed by atoms with Crippen LogP contribution in [0.5, 0.6) is 5.88 Å². The van der Waals surface area contributed by atoms with Crippen LogP contribution in [0.4, 0.5) is 5.69 Å². The molecule has 0 unspecified atom stereocenters. The first-order valence-electron chi connectivity index (χ1n) is 7.69. The van der Waals surface area contributed by atoms with Gasteiger partial charge in [-0.3, -0.25) is 0 Å². The summed E-state index contributed by atoms with van der Waals surface area (Å²) < 4.78 is 0.907. The summed E-state index contributed by atoms with van der Waals surface area (Å²) in [5, 5.41) is 24.4. The minimum absolute atomic E-state index is 0.0227. The first-order valence-corrected chi connectivity index (χ1v) is 8.48. The maximum atomic E-state index is 10.5. The first kappa shape index (κ1) is 15.9. The molecule has 3 aromatic rings. The van der Waals surface area contributed by atoms with Gasteiger partial charge >= 0.3 is 0 Å². The summed E-state index contributed by atoms with van der Waals surface area (Å²) in [4.78, 5) is 12.8. The summed E-state index contributed by atoms with van der Waals surface area (Å²) in [7, 11) is 0. The number of aromatic nitrogens is 1. The largest absolute Gasteiger partial charge is 0.494 e. The molecule has 0 amide bonds. The predicted molar refractivity (Wildman–Crippen MR) is 99.9 cm³/mol. The van der Waals surface area contributed by atoms with E-state index in [-0.39, 0.29) is 19.1 Å². The number of aliphatic hydroxyl groups excluding tert-OH is 1. The normalized spacial score (nSPS) is 14.8. The molecule has 2 heterocycles. The van der Waals surface area contributed by atoms with Gasteiger partial charge in [0.15, 0.2) is 5.88 Å². The summed E-state index contributed by atoms with van der Waals surface area (Å²) >= 11 is 3.43. The van der Waals surface area contributed by atoms with E-state index in [2.05, 4.69) is 31.1 Å². The molecule has 7 heteroatoms. The molecule has 0 fully saturated rings. The number of aliphatic imine (C=N–C) groups is 1. The average Bonchev–Trinajstić information content (AvgIpc) is 3.11. The van der Waals surface area contributed by atoms with Crippen molar-refractivity contribution >= 4 is 43.9 Å². The summed E-state index contributed by atoms with van der Waals surface area (Å²) in [6, 6.07) is 13.3. The third kappa shape index (κ3) is 2.71. The zero-order chi connectivity index (χ0) is 17.4. The smallest absolute Gasteiger partial charge is 0.199 e. The van der Waals surface area contributed by atoms with Crippen LogP contribution in [-0.4, -0.2) is 39.8 Å². The van der Waals surface area contributed by atoms with Gasteiger partial charge in [0.2, 0.25) is 0 Å². The van der Waals surface area contributed by atoms with Gasteiger partial charge in [0.25, 0.3) is 0 Å². The van der Waals surface area contributed by atoms with Gasteiger partial charge in [-0.25, -0.2) is 4.99 Å². The number of oxime groups is 1. The van der Waals surface area contributed by atoms with E-state index >= 15 is 0 Å². The van der Waals surface area contributed by atoms with Crippen LogP contribution in [0.2, 0.25) is 0 Å². The highest BCUT2D eigenvalue weighted by molar-refractivity contribution is 9.10. The molecule has 2 aromatic carbocycles. The zero-order valence-electron chi connectivity index (χ0n) is 13.0. The van der Waals surface area contributed by atoms with Crippen molar-refractivity contribution in [3.63, 3.8) is 0 Å². The van der Waals surface area contributed by atoms with Crippen molar-refractivity contribution in [2.24, 2.45) is 10.1 Å². The molecule has 126 valence electrons. The van der Waals surface area contributed by atoms with Gasteiger partial charge in [0.1, 0.15) is 18.0 Å². The van der Waals surface area contributed by atoms with Gasteiger partial charge in [-0.05, 0) is 18.2 Å². The quantitative estimate of drug-likeness (QED) is 0.463. The number of aromatic hydroxyl groups is 1. The molecule has 0 bridgehead atoms. The molecule has 0 atom stereocenters. The Morgan fingerprint density at radius 1 is 1.20 bits per heavy atom. The number of hydrogen-bond donors (Lipinski definition) is 3. The Hall–Kier alpha value is -2.64. The molecule has 6 nitrogen and oxygen atoms in total. The summed E-state index contributed by atoms with van der Waals surface area (Å²) in [5.74, 6) is 0.0227. The highest BCUT2D eigenvalue weighted by Crippen LogP contribution is 2.36. The molecule has 0 radical (unpaired) electrons. The van der Waals surface area contributed by atoms with E-state index in [4.69, 9.17) is 9.94 Å². The number of rotatable bonds is 4. The SMILES string of the molecule is OCCON=C1C(c2c(O)[nH]c3cc(Br)ccc23)=Nc2ccccc21. The first-order chi connectivity index (χ1) is 12.2. The predicted octanol–water partition coefficient (Wildman–Crippen LogP) is 3.48. The Kier molecular flexibility index (Phi) is 4.03. The monoisotopic (exact) mass is 399 g/mol. The number of nitrogens with zero attached hydrogens (tertiary/aromatic N) is 2. The molecule has 1 aromatic heterocycles. The van der Waals surface area contributed by atoms with Crippen LogP contribution >= 0.6 is 15.9 Å². The zero-order valence-corrected chi connectivity index (χ0v) is 14.6. The average molecular weight is 400 g/mol. The standard InChI is InChI=1S/C18H14BrN3O3/c19-10-5-6-11-14(9-10)21-18(24)15(11)17-16(22-25-8-7-23)12-3-1-2-4-13(12)20-17/h1-6,9,21,23-24H,7-8H2. The number of hydrogen-bond acceptors (Lipinski definition) is 5. The van der Waals surface area contributed by atoms with Gasteiger partial charge in [-0.2, -0.15) is 0 Å². The van der Waals surface area contributed by atoms with Crippen LogP contribution in [0.15, 0.2) is 57.1 Å².